The fourth-order valence-corrected chi connectivity index (χ4v) is 2.47. The van der Waals surface area contributed by atoms with Crippen LogP contribution in [-0.4, -0.2) is 25.4 Å². The minimum absolute atomic E-state index is 0.383. The summed E-state index contributed by atoms with van der Waals surface area (Å²) in [5.41, 5.74) is 1.16. The topological polar surface area (TPSA) is 30.5 Å². The second-order valence-electron chi connectivity index (χ2n) is 5.48. The average Bonchev–Trinajstić information content (AvgIpc) is 2.42. The molecule has 1 heterocycles. The molecule has 1 aromatic rings. The van der Waals surface area contributed by atoms with Crippen LogP contribution >= 0.6 is 0 Å². The highest BCUT2D eigenvalue weighted by Gasteiger charge is 2.24. The van der Waals surface area contributed by atoms with Crippen molar-refractivity contribution in [3.8, 4) is 5.75 Å². The van der Waals surface area contributed by atoms with Crippen molar-refractivity contribution in [1.82, 2.24) is 0 Å². The van der Waals surface area contributed by atoms with E-state index in [-0.39, 0.29) is 0 Å². The van der Waals surface area contributed by atoms with Crippen LogP contribution in [0.5, 0.6) is 5.75 Å². The summed E-state index contributed by atoms with van der Waals surface area (Å²) >= 11 is 0. The summed E-state index contributed by atoms with van der Waals surface area (Å²) in [4.78, 5) is 0. The molecule has 0 aromatic heterocycles. The lowest BCUT2D eigenvalue weighted by Gasteiger charge is -2.33. The summed E-state index contributed by atoms with van der Waals surface area (Å²) in [6.07, 6.45) is 2.55. The second kappa shape index (κ2) is 6.80. The molecule has 2 rings (SSSR count). The molecule has 1 fully saturated rings. The number of anilines is 1. The maximum Gasteiger partial charge on any atom is 0.119 e. The van der Waals surface area contributed by atoms with E-state index in [2.05, 4.69) is 31.3 Å². The summed E-state index contributed by atoms with van der Waals surface area (Å²) in [5, 5.41) is 3.60. The van der Waals surface area contributed by atoms with Crippen molar-refractivity contribution in [2.45, 2.75) is 45.8 Å². The van der Waals surface area contributed by atoms with E-state index < -0.39 is 0 Å². The molecule has 1 aliphatic rings. The Kier molecular flexibility index (Phi) is 5.08. The SMILES string of the molecule is CCOc1ccc(NC2CCOC(C(C)C)C2)cc1. The van der Waals surface area contributed by atoms with Crippen LogP contribution in [0.2, 0.25) is 0 Å². The molecule has 2 unspecified atom stereocenters. The van der Waals surface area contributed by atoms with E-state index in [9.17, 15) is 0 Å². The number of benzene rings is 1. The molecule has 0 aliphatic carbocycles. The first-order valence-corrected chi connectivity index (χ1v) is 7.30. The molecule has 1 saturated heterocycles. The lowest BCUT2D eigenvalue weighted by Crippen LogP contribution is -2.36. The smallest absolute Gasteiger partial charge is 0.119 e. The Morgan fingerprint density at radius 1 is 1.32 bits per heavy atom. The first-order valence-electron chi connectivity index (χ1n) is 7.30. The van der Waals surface area contributed by atoms with Gasteiger partial charge in [0.2, 0.25) is 0 Å². The van der Waals surface area contributed by atoms with Crippen molar-refractivity contribution in [3.05, 3.63) is 24.3 Å². The van der Waals surface area contributed by atoms with Gasteiger partial charge in [0, 0.05) is 18.3 Å². The Hall–Kier alpha value is -1.22. The van der Waals surface area contributed by atoms with Crippen LogP contribution in [0.4, 0.5) is 5.69 Å². The molecule has 0 spiro atoms. The molecular weight excluding hydrogens is 238 g/mol. The van der Waals surface area contributed by atoms with E-state index >= 15 is 0 Å². The Labute approximate surface area is 116 Å². The lowest BCUT2D eigenvalue weighted by molar-refractivity contribution is -0.0160. The number of ether oxygens (including phenoxy) is 2. The van der Waals surface area contributed by atoms with Crippen molar-refractivity contribution in [3.63, 3.8) is 0 Å². The van der Waals surface area contributed by atoms with Gasteiger partial charge in [-0.2, -0.15) is 0 Å². The van der Waals surface area contributed by atoms with Gasteiger partial charge in [0.1, 0.15) is 5.75 Å². The lowest BCUT2D eigenvalue weighted by atomic mass is 9.95. The van der Waals surface area contributed by atoms with Gasteiger partial charge in [-0.15, -0.1) is 0 Å². The van der Waals surface area contributed by atoms with Crippen molar-refractivity contribution < 1.29 is 9.47 Å². The zero-order chi connectivity index (χ0) is 13.7. The van der Waals surface area contributed by atoms with Gasteiger partial charge in [-0.1, -0.05) is 13.8 Å². The highest BCUT2D eigenvalue weighted by Crippen LogP contribution is 2.24. The van der Waals surface area contributed by atoms with Gasteiger partial charge >= 0.3 is 0 Å². The zero-order valence-electron chi connectivity index (χ0n) is 12.2. The summed E-state index contributed by atoms with van der Waals surface area (Å²) < 4.78 is 11.2. The number of rotatable bonds is 5. The monoisotopic (exact) mass is 263 g/mol. The molecule has 1 aromatic carbocycles. The molecule has 3 nitrogen and oxygen atoms in total. The fourth-order valence-electron chi connectivity index (χ4n) is 2.47. The molecule has 2 atom stereocenters. The molecule has 106 valence electrons. The van der Waals surface area contributed by atoms with E-state index in [1.165, 1.54) is 0 Å². The van der Waals surface area contributed by atoms with Crippen LogP contribution in [0.3, 0.4) is 0 Å². The first kappa shape index (κ1) is 14.2. The van der Waals surface area contributed by atoms with Gasteiger partial charge in [-0.05, 0) is 49.9 Å². The van der Waals surface area contributed by atoms with Gasteiger partial charge in [0.15, 0.2) is 0 Å². The predicted octanol–water partition coefficient (Wildman–Crippen LogP) is 3.70. The third-order valence-corrected chi connectivity index (χ3v) is 3.59. The molecule has 1 aliphatic heterocycles. The fraction of sp³-hybridized carbons (Fsp3) is 0.625. The van der Waals surface area contributed by atoms with Crippen LogP contribution in [-0.2, 0) is 4.74 Å². The molecule has 0 radical (unpaired) electrons. The summed E-state index contributed by atoms with van der Waals surface area (Å²) in [7, 11) is 0. The summed E-state index contributed by atoms with van der Waals surface area (Å²) in [6, 6.07) is 8.73. The van der Waals surface area contributed by atoms with E-state index in [0.717, 1.165) is 30.9 Å². The standard InChI is InChI=1S/C16H25NO2/c1-4-18-15-7-5-13(6-8-15)17-14-9-10-19-16(11-14)12(2)3/h5-8,12,14,16-17H,4,9-11H2,1-3H3. The number of hydrogen-bond donors (Lipinski definition) is 1. The van der Waals surface area contributed by atoms with Gasteiger partial charge in [-0.3, -0.25) is 0 Å². The Bertz CT molecular complexity index is 375. The van der Waals surface area contributed by atoms with Crippen molar-refractivity contribution in [2.75, 3.05) is 18.5 Å². The molecule has 0 bridgehead atoms. The highest BCUT2D eigenvalue weighted by atomic mass is 16.5. The molecule has 1 N–H and O–H groups in total. The van der Waals surface area contributed by atoms with Crippen LogP contribution in [0, 0.1) is 5.92 Å². The van der Waals surface area contributed by atoms with E-state index in [1.54, 1.807) is 0 Å². The Morgan fingerprint density at radius 2 is 2.05 bits per heavy atom. The van der Waals surface area contributed by atoms with Gasteiger partial charge in [-0.25, -0.2) is 0 Å². The summed E-state index contributed by atoms with van der Waals surface area (Å²) in [6.45, 7) is 8.02. The molecule has 0 saturated carbocycles. The van der Waals surface area contributed by atoms with E-state index in [1.807, 2.05) is 19.1 Å². The highest BCUT2D eigenvalue weighted by molar-refractivity contribution is 5.47. The number of nitrogens with one attached hydrogen (secondary N) is 1. The van der Waals surface area contributed by atoms with Crippen molar-refractivity contribution in [2.24, 2.45) is 5.92 Å². The normalized spacial score (nSPS) is 23.4. The molecule has 0 amide bonds. The predicted molar refractivity (Wildman–Crippen MR) is 78.8 cm³/mol. The molecule has 3 heteroatoms. The van der Waals surface area contributed by atoms with Crippen molar-refractivity contribution in [1.29, 1.82) is 0 Å². The Balaban J connectivity index is 1.89. The third kappa shape index (κ3) is 4.13. The van der Waals surface area contributed by atoms with Crippen LogP contribution in [0.1, 0.15) is 33.6 Å². The second-order valence-corrected chi connectivity index (χ2v) is 5.48. The first-order chi connectivity index (χ1) is 9.19. The third-order valence-electron chi connectivity index (χ3n) is 3.59. The summed E-state index contributed by atoms with van der Waals surface area (Å²) in [5.74, 6) is 1.52. The minimum Gasteiger partial charge on any atom is -0.494 e. The zero-order valence-corrected chi connectivity index (χ0v) is 12.2. The molecule has 19 heavy (non-hydrogen) atoms. The van der Waals surface area contributed by atoms with Gasteiger partial charge in [0.25, 0.3) is 0 Å². The Morgan fingerprint density at radius 3 is 2.68 bits per heavy atom. The van der Waals surface area contributed by atoms with E-state index in [4.69, 9.17) is 9.47 Å². The minimum atomic E-state index is 0.383. The van der Waals surface area contributed by atoms with Crippen LogP contribution in [0.25, 0.3) is 0 Å². The van der Waals surface area contributed by atoms with Crippen molar-refractivity contribution >= 4 is 5.69 Å². The van der Waals surface area contributed by atoms with Crippen LogP contribution < -0.4 is 10.1 Å². The average molecular weight is 263 g/mol. The largest absolute Gasteiger partial charge is 0.494 e. The number of hydrogen-bond acceptors (Lipinski definition) is 3. The maximum atomic E-state index is 5.80. The molecular formula is C16H25NO2. The van der Waals surface area contributed by atoms with Crippen LogP contribution in [0.15, 0.2) is 24.3 Å². The maximum absolute atomic E-state index is 5.80. The van der Waals surface area contributed by atoms with E-state index in [0.29, 0.717) is 24.7 Å². The quantitative estimate of drug-likeness (QED) is 0.878. The van der Waals surface area contributed by atoms with Gasteiger partial charge in [0.05, 0.1) is 12.7 Å². The van der Waals surface area contributed by atoms with Gasteiger partial charge < -0.3 is 14.8 Å².